The first kappa shape index (κ1) is 17.7. The number of methoxy groups -OCH3 is 4. The van der Waals surface area contributed by atoms with Crippen LogP contribution >= 0.6 is 0 Å². The van der Waals surface area contributed by atoms with Gasteiger partial charge in [0, 0.05) is 17.7 Å². The van der Waals surface area contributed by atoms with Gasteiger partial charge in [-0.05, 0) is 17.7 Å². The van der Waals surface area contributed by atoms with Crippen LogP contribution in [0.1, 0.15) is 11.6 Å². The molecule has 0 aliphatic carbocycles. The summed E-state index contributed by atoms with van der Waals surface area (Å²) >= 11 is 0. The van der Waals surface area contributed by atoms with Crippen molar-refractivity contribution in [3.05, 3.63) is 54.1 Å². The van der Waals surface area contributed by atoms with E-state index in [9.17, 15) is 4.79 Å². The molecule has 6 heteroatoms. The molecule has 1 fully saturated rings. The predicted octanol–water partition coefficient (Wildman–Crippen LogP) is 3.37. The average molecular weight is 355 g/mol. The third-order valence-electron chi connectivity index (χ3n) is 4.42. The third kappa shape index (κ3) is 2.73. The van der Waals surface area contributed by atoms with Crippen molar-refractivity contribution in [3.8, 4) is 23.0 Å². The fourth-order valence-electron chi connectivity index (χ4n) is 3.11. The van der Waals surface area contributed by atoms with Crippen LogP contribution < -0.4 is 23.8 Å². The summed E-state index contributed by atoms with van der Waals surface area (Å²) in [5.41, 5.74) is 2.08. The SMILES string of the molecule is C=C1C(=O)N(c2cc(OC)c(OC)c(OC)c2)C1c1cccc(OC)c1. The monoisotopic (exact) mass is 355 g/mol. The molecule has 26 heavy (non-hydrogen) atoms. The number of benzene rings is 2. The van der Waals surface area contributed by atoms with Crippen LogP contribution in [0.15, 0.2) is 48.6 Å². The number of ether oxygens (including phenoxy) is 4. The standard InChI is InChI=1S/C20H21NO5/c1-12-18(13-7-6-8-15(9-13)23-2)21(20(12)22)14-10-16(24-3)19(26-5)17(11-14)25-4/h6-11,18H,1H2,2-5H3. The van der Waals surface area contributed by atoms with Crippen LogP contribution in [0.25, 0.3) is 0 Å². The van der Waals surface area contributed by atoms with Gasteiger partial charge in [0.05, 0.1) is 40.2 Å². The van der Waals surface area contributed by atoms with Crippen molar-refractivity contribution in [2.45, 2.75) is 6.04 Å². The first-order valence-electron chi connectivity index (χ1n) is 8.02. The minimum absolute atomic E-state index is 0.146. The number of amides is 1. The van der Waals surface area contributed by atoms with Crippen LogP contribution in [0.4, 0.5) is 5.69 Å². The molecule has 0 saturated carbocycles. The van der Waals surface area contributed by atoms with Crippen molar-refractivity contribution in [2.24, 2.45) is 0 Å². The highest BCUT2D eigenvalue weighted by Gasteiger charge is 2.43. The van der Waals surface area contributed by atoms with E-state index in [1.807, 2.05) is 24.3 Å². The van der Waals surface area contributed by atoms with Gasteiger partial charge >= 0.3 is 0 Å². The summed E-state index contributed by atoms with van der Waals surface area (Å²) in [6.45, 7) is 3.93. The zero-order chi connectivity index (χ0) is 18.8. The summed E-state index contributed by atoms with van der Waals surface area (Å²) in [5, 5.41) is 0. The van der Waals surface area contributed by atoms with E-state index < -0.39 is 0 Å². The number of hydrogen-bond donors (Lipinski definition) is 0. The fourth-order valence-corrected chi connectivity index (χ4v) is 3.11. The summed E-state index contributed by atoms with van der Waals surface area (Å²) in [6.07, 6.45) is 0. The van der Waals surface area contributed by atoms with Crippen molar-refractivity contribution in [1.82, 2.24) is 0 Å². The lowest BCUT2D eigenvalue weighted by Gasteiger charge is -2.42. The first-order valence-corrected chi connectivity index (χ1v) is 8.02. The molecular weight excluding hydrogens is 334 g/mol. The second kappa shape index (κ2) is 7.00. The maximum absolute atomic E-state index is 12.5. The van der Waals surface area contributed by atoms with E-state index >= 15 is 0 Å². The number of hydrogen-bond acceptors (Lipinski definition) is 5. The van der Waals surface area contributed by atoms with Gasteiger partial charge in [-0.1, -0.05) is 18.7 Å². The topological polar surface area (TPSA) is 57.2 Å². The molecule has 1 saturated heterocycles. The van der Waals surface area contributed by atoms with Gasteiger partial charge in [0.2, 0.25) is 5.75 Å². The van der Waals surface area contributed by atoms with Gasteiger partial charge in [0.25, 0.3) is 5.91 Å². The van der Waals surface area contributed by atoms with Crippen LogP contribution in [0.5, 0.6) is 23.0 Å². The van der Waals surface area contributed by atoms with E-state index in [1.54, 1.807) is 24.1 Å². The van der Waals surface area contributed by atoms with Gasteiger partial charge in [-0.25, -0.2) is 0 Å². The molecule has 136 valence electrons. The quantitative estimate of drug-likeness (QED) is 0.587. The molecule has 0 N–H and O–H groups in total. The first-order chi connectivity index (χ1) is 12.5. The molecule has 0 radical (unpaired) electrons. The Morgan fingerprint density at radius 2 is 1.58 bits per heavy atom. The molecule has 1 unspecified atom stereocenters. The van der Waals surface area contributed by atoms with Crippen LogP contribution in [0, 0.1) is 0 Å². The highest BCUT2D eigenvalue weighted by Crippen LogP contribution is 2.48. The molecule has 1 heterocycles. The lowest BCUT2D eigenvalue weighted by atomic mass is 9.88. The van der Waals surface area contributed by atoms with Crippen molar-refractivity contribution >= 4 is 11.6 Å². The molecule has 2 aromatic carbocycles. The Morgan fingerprint density at radius 3 is 2.12 bits per heavy atom. The van der Waals surface area contributed by atoms with Gasteiger partial charge in [-0.3, -0.25) is 9.69 Å². The molecule has 1 atom stereocenters. The smallest absolute Gasteiger partial charge is 0.256 e. The maximum Gasteiger partial charge on any atom is 0.256 e. The Kier molecular flexibility index (Phi) is 4.75. The summed E-state index contributed by atoms with van der Waals surface area (Å²) < 4.78 is 21.4. The molecule has 0 aromatic heterocycles. The molecule has 0 bridgehead atoms. The second-order valence-electron chi connectivity index (χ2n) is 5.76. The average Bonchev–Trinajstić information content (AvgIpc) is 2.69. The summed E-state index contributed by atoms with van der Waals surface area (Å²) in [7, 11) is 6.22. The minimum atomic E-state index is -0.277. The van der Waals surface area contributed by atoms with E-state index in [0.717, 1.165) is 11.3 Å². The van der Waals surface area contributed by atoms with Gasteiger partial charge < -0.3 is 18.9 Å². The molecule has 3 rings (SSSR count). The molecule has 1 amide bonds. The van der Waals surface area contributed by atoms with Gasteiger partial charge in [-0.15, -0.1) is 0 Å². The van der Waals surface area contributed by atoms with Crippen LogP contribution in [0.2, 0.25) is 0 Å². The highest BCUT2D eigenvalue weighted by molar-refractivity contribution is 6.15. The van der Waals surface area contributed by atoms with Crippen LogP contribution in [-0.2, 0) is 4.79 Å². The van der Waals surface area contributed by atoms with E-state index in [4.69, 9.17) is 18.9 Å². The zero-order valence-electron chi connectivity index (χ0n) is 15.2. The van der Waals surface area contributed by atoms with E-state index in [0.29, 0.717) is 28.5 Å². The van der Waals surface area contributed by atoms with Gasteiger partial charge in [0.1, 0.15) is 5.75 Å². The minimum Gasteiger partial charge on any atom is -0.497 e. The second-order valence-corrected chi connectivity index (χ2v) is 5.76. The predicted molar refractivity (Wildman–Crippen MR) is 98.5 cm³/mol. The van der Waals surface area contributed by atoms with Crippen molar-refractivity contribution in [1.29, 1.82) is 0 Å². The van der Waals surface area contributed by atoms with E-state index in [2.05, 4.69) is 6.58 Å². The van der Waals surface area contributed by atoms with Gasteiger partial charge in [0.15, 0.2) is 11.5 Å². The number of carbonyl (C=O) groups is 1. The van der Waals surface area contributed by atoms with Gasteiger partial charge in [-0.2, -0.15) is 0 Å². The fraction of sp³-hybridized carbons (Fsp3) is 0.250. The number of β-lactam (4-membered cyclic amide) rings is 1. The molecule has 1 aliphatic rings. The Balaban J connectivity index is 2.06. The number of anilines is 1. The molecule has 2 aromatic rings. The Labute approximate surface area is 152 Å². The Bertz CT molecular complexity index is 836. The summed E-state index contributed by atoms with van der Waals surface area (Å²) in [4.78, 5) is 14.2. The molecule has 0 spiro atoms. The van der Waals surface area contributed by atoms with E-state index in [1.165, 1.54) is 21.3 Å². The highest BCUT2D eigenvalue weighted by atomic mass is 16.5. The zero-order valence-corrected chi connectivity index (χ0v) is 15.2. The van der Waals surface area contributed by atoms with Crippen LogP contribution in [0.3, 0.4) is 0 Å². The lowest BCUT2D eigenvalue weighted by molar-refractivity contribution is -0.118. The normalized spacial score (nSPS) is 16.2. The van der Waals surface area contributed by atoms with Crippen LogP contribution in [-0.4, -0.2) is 34.3 Å². The van der Waals surface area contributed by atoms with Crippen molar-refractivity contribution < 1.29 is 23.7 Å². The number of rotatable bonds is 6. The third-order valence-corrected chi connectivity index (χ3v) is 4.42. The molecular formula is C20H21NO5. The largest absolute Gasteiger partial charge is 0.497 e. The molecule has 6 nitrogen and oxygen atoms in total. The molecule has 1 aliphatic heterocycles. The van der Waals surface area contributed by atoms with E-state index in [-0.39, 0.29) is 11.9 Å². The Morgan fingerprint density at radius 1 is 0.923 bits per heavy atom. The summed E-state index contributed by atoms with van der Waals surface area (Å²) in [6, 6.07) is 10.8. The van der Waals surface area contributed by atoms with Crippen molar-refractivity contribution in [3.63, 3.8) is 0 Å². The summed E-state index contributed by atoms with van der Waals surface area (Å²) in [5.74, 6) is 2.02. The van der Waals surface area contributed by atoms with Crippen molar-refractivity contribution in [2.75, 3.05) is 33.3 Å². The Hall–Kier alpha value is -3.15. The maximum atomic E-state index is 12.5. The number of nitrogens with zero attached hydrogens (tertiary/aromatic N) is 1. The lowest BCUT2D eigenvalue weighted by Crippen LogP contribution is -2.48. The number of carbonyl (C=O) groups excluding carboxylic acids is 1.